The Balaban J connectivity index is 1.89. The van der Waals surface area contributed by atoms with E-state index in [0.717, 1.165) is 32.5 Å². The van der Waals surface area contributed by atoms with Gasteiger partial charge in [0.15, 0.2) is 0 Å². The minimum absolute atomic E-state index is 0.00449. The van der Waals surface area contributed by atoms with Crippen molar-refractivity contribution in [2.75, 3.05) is 13.2 Å². The number of nitrogens with two attached hydrogens (primary N) is 1. The first kappa shape index (κ1) is 9.37. The molecule has 1 aliphatic carbocycles. The smallest absolute Gasteiger partial charge is 0.0535 e. The van der Waals surface area contributed by atoms with Crippen molar-refractivity contribution in [3.63, 3.8) is 0 Å². The molecule has 1 aromatic carbocycles. The Morgan fingerprint density at radius 2 is 2.20 bits per heavy atom. The van der Waals surface area contributed by atoms with Gasteiger partial charge in [0.25, 0.3) is 0 Å². The zero-order chi connectivity index (χ0) is 10.3. The molecule has 80 valence electrons. The van der Waals surface area contributed by atoms with E-state index in [2.05, 4.69) is 24.3 Å². The maximum atomic E-state index is 6.20. The van der Waals surface area contributed by atoms with Crippen LogP contribution in [0.1, 0.15) is 36.3 Å². The van der Waals surface area contributed by atoms with Gasteiger partial charge in [0, 0.05) is 18.1 Å². The van der Waals surface area contributed by atoms with E-state index in [9.17, 15) is 0 Å². The van der Waals surface area contributed by atoms with Crippen LogP contribution in [-0.2, 0) is 10.3 Å². The van der Waals surface area contributed by atoms with Crippen molar-refractivity contribution in [3.8, 4) is 0 Å². The van der Waals surface area contributed by atoms with Gasteiger partial charge in [-0.05, 0) is 30.4 Å². The Kier molecular flexibility index (Phi) is 2.08. The number of hydrogen-bond acceptors (Lipinski definition) is 2. The van der Waals surface area contributed by atoms with E-state index in [0.29, 0.717) is 5.92 Å². The van der Waals surface area contributed by atoms with Gasteiger partial charge >= 0.3 is 0 Å². The summed E-state index contributed by atoms with van der Waals surface area (Å²) in [5.74, 6) is 0.590. The Morgan fingerprint density at radius 3 is 2.87 bits per heavy atom. The fourth-order valence-corrected chi connectivity index (χ4v) is 2.32. The minimum Gasteiger partial charge on any atom is -0.381 e. The molecule has 15 heavy (non-hydrogen) atoms. The molecule has 2 aliphatic rings. The molecular weight excluding hydrogens is 186 g/mol. The van der Waals surface area contributed by atoms with Crippen molar-refractivity contribution in [2.24, 2.45) is 5.73 Å². The predicted molar refractivity (Wildman–Crippen MR) is 59.7 cm³/mol. The largest absolute Gasteiger partial charge is 0.381 e. The number of benzene rings is 1. The molecular formula is C13H17NO. The van der Waals surface area contributed by atoms with E-state index < -0.39 is 0 Å². The second-order valence-electron chi connectivity index (χ2n) is 4.84. The van der Waals surface area contributed by atoms with E-state index in [1.54, 1.807) is 0 Å². The van der Waals surface area contributed by atoms with Crippen LogP contribution in [0.2, 0.25) is 0 Å². The van der Waals surface area contributed by atoms with Gasteiger partial charge in [-0.2, -0.15) is 0 Å². The van der Waals surface area contributed by atoms with E-state index in [1.165, 1.54) is 11.1 Å². The van der Waals surface area contributed by atoms with Crippen molar-refractivity contribution in [2.45, 2.75) is 30.7 Å². The van der Waals surface area contributed by atoms with E-state index in [1.807, 2.05) is 0 Å². The van der Waals surface area contributed by atoms with Crippen LogP contribution in [-0.4, -0.2) is 13.2 Å². The van der Waals surface area contributed by atoms with Crippen LogP contribution in [0.15, 0.2) is 24.3 Å². The molecule has 0 aromatic heterocycles. The summed E-state index contributed by atoms with van der Waals surface area (Å²) in [4.78, 5) is 0. The van der Waals surface area contributed by atoms with Crippen LogP contribution in [0.5, 0.6) is 0 Å². The molecule has 1 heterocycles. The summed E-state index contributed by atoms with van der Waals surface area (Å²) in [6.07, 6.45) is 3.43. The molecule has 1 saturated heterocycles. The Hall–Kier alpha value is -0.860. The second-order valence-corrected chi connectivity index (χ2v) is 4.84. The normalized spacial score (nSPS) is 27.9. The quantitative estimate of drug-likeness (QED) is 0.799. The maximum absolute atomic E-state index is 6.20. The Labute approximate surface area is 90.4 Å². The fraction of sp³-hybridized carbons (Fsp3) is 0.538. The highest BCUT2D eigenvalue weighted by Gasteiger charge is 2.40. The van der Waals surface area contributed by atoms with Crippen molar-refractivity contribution in [1.82, 2.24) is 0 Å². The molecule has 3 rings (SSSR count). The fourth-order valence-electron chi connectivity index (χ4n) is 2.32. The molecule has 1 aliphatic heterocycles. The Bertz CT molecular complexity index is 365. The maximum Gasteiger partial charge on any atom is 0.0535 e. The van der Waals surface area contributed by atoms with Crippen molar-refractivity contribution < 1.29 is 4.74 Å². The van der Waals surface area contributed by atoms with Gasteiger partial charge in [-0.3, -0.25) is 0 Å². The summed E-state index contributed by atoms with van der Waals surface area (Å²) in [6.45, 7) is 1.78. The first-order chi connectivity index (χ1) is 7.28. The number of ether oxygens (including phenoxy) is 1. The number of hydrogen-bond donors (Lipinski definition) is 1. The van der Waals surface area contributed by atoms with Gasteiger partial charge in [0.1, 0.15) is 0 Å². The van der Waals surface area contributed by atoms with E-state index in [4.69, 9.17) is 10.5 Å². The lowest BCUT2D eigenvalue weighted by molar-refractivity contribution is 0.194. The van der Waals surface area contributed by atoms with Crippen LogP contribution < -0.4 is 5.73 Å². The second kappa shape index (κ2) is 3.32. The molecule has 2 fully saturated rings. The molecule has 0 bridgehead atoms. The van der Waals surface area contributed by atoms with Crippen LogP contribution in [0.25, 0.3) is 0 Å². The Morgan fingerprint density at radius 1 is 1.33 bits per heavy atom. The van der Waals surface area contributed by atoms with Crippen molar-refractivity contribution in [1.29, 1.82) is 0 Å². The lowest BCUT2D eigenvalue weighted by atomic mass is 9.94. The van der Waals surface area contributed by atoms with Gasteiger partial charge in [-0.25, -0.2) is 0 Å². The summed E-state index contributed by atoms with van der Waals surface area (Å²) >= 11 is 0. The van der Waals surface area contributed by atoms with Gasteiger partial charge < -0.3 is 10.5 Å². The van der Waals surface area contributed by atoms with E-state index in [-0.39, 0.29) is 5.54 Å². The highest BCUT2D eigenvalue weighted by Crippen LogP contribution is 2.43. The van der Waals surface area contributed by atoms with Crippen LogP contribution >= 0.6 is 0 Å². The third-order valence-corrected chi connectivity index (χ3v) is 3.65. The van der Waals surface area contributed by atoms with Crippen molar-refractivity contribution in [3.05, 3.63) is 35.4 Å². The summed E-state index contributed by atoms with van der Waals surface area (Å²) in [5.41, 5.74) is 8.92. The monoisotopic (exact) mass is 203 g/mol. The highest BCUT2D eigenvalue weighted by atomic mass is 16.5. The zero-order valence-corrected chi connectivity index (χ0v) is 8.91. The molecule has 1 aromatic rings. The zero-order valence-electron chi connectivity index (χ0n) is 8.91. The predicted octanol–water partition coefficient (Wildman–Crippen LogP) is 2.14. The molecule has 0 unspecified atom stereocenters. The molecule has 2 heteroatoms. The SMILES string of the molecule is NC1(c2cccc([C@@H]3CCOC3)c2)CC1. The average molecular weight is 203 g/mol. The van der Waals surface area contributed by atoms with E-state index >= 15 is 0 Å². The summed E-state index contributed by atoms with van der Waals surface area (Å²) in [6, 6.07) is 8.78. The first-order valence-electron chi connectivity index (χ1n) is 5.75. The number of rotatable bonds is 2. The average Bonchev–Trinajstić information content (AvgIpc) is 2.84. The lowest BCUT2D eigenvalue weighted by Crippen LogP contribution is -2.18. The third kappa shape index (κ3) is 1.68. The van der Waals surface area contributed by atoms with Gasteiger partial charge in [0.05, 0.1) is 6.61 Å². The van der Waals surface area contributed by atoms with Crippen LogP contribution in [0.4, 0.5) is 0 Å². The first-order valence-corrected chi connectivity index (χ1v) is 5.75. The lowest BCUT2D eigenvalue weighted by Gasteiger charge is -2.13. The molecule has 2 N–H and O–H groups in total. The van der Waals surface area contributed by atoms with Crippen molar-refractivity contribution >= 4 is 0 Å². The topological polar surface area (TPSA) is 35.2 Å². The van der Waals surface area contributed by atoms with Gasteiger partial charge in [-0.15, -0.1) is 0 Å². The summed E-state index contributed by atoms with van der Waals surface area (Å²) in [5, 5.41) is 0. The molecule has 2 nitrogen and oxygen atoms in total. The van der Waals surface area contributed by atoms with Crippen LogP contribution in [0, 0.1) is 0 Å². The molecule has 0 spiro atoms. The molecule has 0 amide bonds. The molecule has 0 radical (unpaired) electrons. The minimum atomic E-state index is -0.00449. The van der Waals surface area contributed by atoms with Gasteiger partial charge in [-0.1, -0.05) is 24.3 Å². The van der Waals surface area contributed by atoms with Gasteiger partial charge in [0.2, 0.25) is 0 Å². The standard InChI is InChI=1S/C13H17NO/c14-13(5-6-13)12-3-1-2-10(8-12)11-4-7-15-9-11/h1-3,8,11H,4-7,9,14H2/t11-/m1/s1. The summed E-state index contributed by atoms with van der Waals surface area (Å²) < 4.78 is 5.42. The van der Waals surface area contributed by atoms with Crippen LogP contribution in [0.3, 0.4) is 0 Å². The molecule has 1 atom stereocenters. The highest BCUT2D eigenvalue weighted by molar-refractivity contribution is 5.35. The molecule has 1 saturated carbocycles. The third-order valence-electron chi connectivity index (χ3n) is 3.65. The summed E-state index contributed by atoms with van der Waals surface area (Å²) in [7, 11) is 0.